The van der Waals surface area contributed by atoms with Crippen LogP contribution < -0.4 is 10.6 Å². The van der Waals surface area contributed by atoms with Gasteiger partial charge in [0.15, 0.2) is 5.96 Å². The molecule has 0 spiro atoms. The maximum absolute atomic E-state index is 6.07. The second kappa shape index (κ2) is 14.3. The number of morpholine rings is 1. The molecule has 3 rings (SSSR count). The van der Waals surface area contributed by atoms with Crippen LogP contribution in [-0.2, 0) is 9.47 Å². The van der Waals surface area contributed by atoms with Crippen molar-refractivity contribution in [2.24, 2.45) is 4.99 Å². The topological polar surface area (TPSA) is 71.3 Å². The van der Waals surface area contributed by atoms with Crippen molar-refractivity contribution in [1.29, 1.82) is 0 Å². The molecular formula is C22H39IN4O3. The van der Waals surface area contributed by atoms with Gasteiger partial charge in [0.05, 0.1) is 32.0 Å². The van der Waals surface area contributed by atoms with Crippen LogP contribution in [0.4, 0.5) is 0 Å². The van der Waals surface area contributed by atoms with Gasteiger partial charge in [-0.15, -0.1) is 24.0 Å². The fraction of sp³-hybridized carbons (Fsp3) is 0.773. The summed E-state index contributed by atoms with van der Waals surface area (Å²) >= 11 is 0. The number of aliphatic imine (C=N–C) groups is 1. The number of aryl methyl sites for hydroxylation is 1. The smallest absolute Gasteiger partial charge is 0.191 e. The zero-order valence-electron chi connectivity index (χ0n) is 18.5. The summed E-state index contributed by atoms with van der Waals surface area (Å²) in [5.41, 5.74) is 0. The van der Waals surface area contributed by atoms with E-state index in [-0.39, 0.29) is 30.0 Å². The predicted molar refractivity (Wildman–Crippen MR) is 131 cm³/mol. The lowest BCUT2D eigenvalue weighted by Gasteiger charge is -2.33. The molecule has 1 saturated heterocycles. The Hall–Kier alpha value is -0.840. The number of halogens is 1. The molecule has 2 N–H and O–H groups in total. The second-order valence-corrected chi connectivity index (χ2v) is 7.98. The van der Waals surface area contributed by atoms with E-state index in [1.54, 1.807) is 0 Å². The van der Waals surface area contributed by atoms with E-state index in [9.17, 15) is 0 Å². The number of nitrogens with zero attached hydrogens (tertiary/aromatic N) is 2. The minimum Gasteiger partial charge on any atom is -0.465 e. The number of nitrogens with one attached hydrogen (secondary N) is 2. The molecule has 0 radical (unpaired) electrons. The minimum atomic E-state index is 0. The van der Waals surface area contributed by atoms with E-state index in [4.69, 9.17) is 13.9 Å². The molecule has 30 heavy (non-hydrogen) atoms. The molecule has 1 aromatic rings. The Bertz CT molecular complexity index is 611. The summed E-state index contributed by atoms with van der Waals surface area (Å²) < 4.78 is 17.5. The molecule has 0 bridgehead atoms. The molecule has 1 unspecified atom stereocenters. The van der Waals surface area contributed by atoms with Crippen LogP contribution >= 0.6 is 24.0 Å². The van der Waals surface area contributed by atoms with E-state index in [1.165, 1.54) is 38.5 Å². The van der Waals surface area contributed by atoms with Gasteiger partial charge in [-0.05, 0) is 31.9 Å². The van der Waals surface area contributed by atoms with Crippen LogP contribution in [0.25, 0.3) is 0 Å². The van der Waals surface area contributed by atoms with Crippen LogP contribution in [0.5, 0.6) is 0 Å². The highest BCUT2D eigenvalue weighted by Gasteiger charge is 2.25. The van der Waals surface area contributed by atoms with Gasteiger partial charge in [-0.3, -0.25) is 9.89 Å². The monoisotopic (exact) mass is 534 g/mol. The first-order valence-corrected chi connectivity index (χ1v) is 11.2. The Morgan fingerprint density at radius 2 is 1.90 bits per heavy atom. The molecule has 2 heterocycles. The maximum atomic E-state index is 6.07. The van der Waals surface area contributed by atoms with Gasteiger partial charge in [-0.1, -0.05) is 25.7 Å². The lowest BCUT2D eigenvalue weighted by atomic mass is 10.1. The molecule has 0 aromatic carbocycles. The highest BCUT2D eigenvalue weighted by atomic mass is 127. The quantitative estimate of drug-likeness (QED) is 0.175. The third kappa shape index (κ3) is 8.36. The van der Waals surface area contributed by atoms with Crippen molar-refractivity contribution in [1.82, 2.24) is 15.5 Å². The number of guanidine groups is 1. The molecule has 0 amide bonds. The lowest BCUT2D eigenvalue weighted by Crippen LogP contribution is -2.46. The second-order valence-electron chi connectivity index (χ2n) is 7.98. The van der Waals surface area contributed by atoms with Crippen LogP contribution in [-0.4, -0.2) is 70.0 Å². The summed E-state index contributed by atoms with van der Waals surface area (Å²) in [5.74, 6) is 2.73. The lowest BCUT2D eigenvalue weighted by molar-refractivity contribution is 0.0124. The Balaban J connectivity index is 0.00000320. The largest absolute Gasteiger partial charge is 0.465 e. The molecule has 172 valence electrons. The Morgan fingerprint density at radius 1 is 1.17 bits per heavy atom. The molecule has 7 nitrogen and oxygen atoms in total. The van der Waals surface area contributed by atoms with Gasteiger partial charge in [-0.25, -0.2) is 0 Å². The van der Waals surface area contributed by atoms with Gasteiger partial charge in [0.2, 0.25) is 0 Å². The van der Waals surface area contributed by atoms with E-state index >= 15 is 0 Å². The van der Waals surface area contributed by atoms with E-state index in [2.05, 4.69) is 26.6 Å². The first-order chi connectivity index (χ1) is 14.3. The summed E-state index contributed by atoms with van der Waals surface area (Å²) in [6, 6.07) is 4.27. The third-order valence-corrected chi connectivity index (χ3v) is 5.81. The average molecular weight is 534 g/mol. The molecule has 1 aliphatic carbocycles. The number of rotatable bonds is 8. The fourth-order valence-electron chi connectivity index (χ4n) is 4.15. The molecule has 1 atom stereocenters. The van der Waals surface area contributed by atoms with E-state index < -0.39 is 0 Å². The zero-order valence-corrected chi connectivity index (χ0v) is 20.9. The van der Waals surface area contributed by atoms with Crippen LogP contribution in [0.15, 0.2) is 21.5 Å². The van der Waals surface area contributed by atoms with E-state index in [0.717, 1.165) is 63.5 Å². The summed E-state index contributed by atoms with van der Waals surface area (Å²) in [5, 5.41) is 6.84. The molecule has 1 saturated carbocycles. The van der Waals surface area contributed by atoms with Gasteiger partial charge in [0.1, 0.15) is 11.5 Å². The van der Waals surface area contributed by atoms with Crippen molar-refractivity contribution >= 4 is 29.9 Å². The summed E-state index contributed by atoms with van der Waals surface area (Å²) in [7, 11) is 1.81. The van der Waals surface area contributed by atoms with Gasteiger partial charge in [0, 0.05) is 33.2 Å². The van der Waals surface area contributed by atoms with Crippen molar-refractivity contribution in [3.63, 3.8) is 0 Å². The Kier molecular flexibility index (Phi) is 12.1. The van der Waals surface area contributed by atoms with Gasteiger partial charge in [0.25, 0.3) is 0 Å². The van der Waals surface area contributed by atoms with Crippen LogP contribution in [0.2, 0.25) is 0 Å². The summed E-state index contributed by atoms with van der Waals surface area (Å²) in [6.07, 6.45) is 8.16. The Morgan fingerprint density at radius 3 is 2.53 bits per heavy atom. The average Bonchev–Trinajstić information content (AvgIpc) is 3.01. The SMILES string of the molecule is CN=C(NCCOC1CCCCCC1)NCC(c1ccc(C)o1)N1CCOCC1.I. The van der Waals surface area contributed by atoms with Crippen molar-refractivity contribution in [3.8, 4) is 0 Å². The minimum absolute atomic E-state index is 0. The number of hydrogen-bond acceptors (Lipinski definition) is 5. The molecule has 8 heteroatoms. The Labute approximate surface area is 198 Å². The van der Waals surface area contributed by atoms with Crippen molar-refractivity contribution < 1.29 is 13.9 Å². The van der Waals surface area contributed by atoms with E-state index in [0.29, 0.717) is 6.10 Å². The summed E-state index contributed by atoms with van der Waals surface area (Å²) in [4.78, 5) is 6.78. The highest BCUT2D eigenvalue weighted by molar-refractivity contribution is 14.0. The van der Waals surface area contributed by atoms with Crippen LogP contribution in [0, 0.1) is 6.92 Å². The highest BCUT2D eigenvalue weighted by Crippen LogP contribution is 2.23. The van der Waals surface area contributed by atoms with Gasteiger partial charge in [-0.2, -0.15) is 0 Å². The standard InChI is InChI=1S/C22H38N4O3.HI/c1-18-9-10-21(29-18)20(26-12-15-27-16-13-26)17-25-22(23-2)24-11-14-28-19-7-5-3-4-6-8-19;/h9-10,19-20H,3-8,11-17H2,1-2H3,(H2,23,24,25);1H. The summed E-state index contributed by atoms with van der Waals surface area (Å²) in [6.45, 7) is 7.55. The first-order valence-electron chi connectivity index (χ1n) is 11.2. The molecular weight excluding hydrogens is 495 g/mol. The zero-order chi connectivity index (χ0) is 20.3. The molecule has 2 aliphatic rings. The fourth-order valence-corrected chi connectivity index (χ4v) is 4.15. The van der Waals surface area contributed by atoms with Crippen molar-refractivity contribution in [3.05, 3.63) is 23.7 Å². The number of furan rings is 1. The normalized spacial score (nSPS) is 20.3. The van der Waals surface area contributed by atoms with Gasteiger partial charge >= 0.3 is 0 Å². The van der Waals surface area contributed by atoms with E-state index in [1.807, 2.05) is 20.0 Å². The molecule has 1 aromatic heterocycles. The van der Waals surface area contributed by atoms with Gasteiger partial charge < -0.3 is 24.5 Å². The van der Waals surface area contributed by atoms with Crippen LogP contribution in [0.3, 0.4) is 0 Å². The first kappa shape index (κ1) is 25.4. The van der Waals surface area contributed by atoms with Crippen molar-refractivity contribution in [2.75, 3.05) is 53.0 Å². The number of ether oxygens (including phenoxy) is 2. The number of hydrogen-bond donors (Lipinski definition) is 2. The predicted octanol–water partition coefficient (Wildman–Crippen LogP) is 3.48. The maximum Gasteiger partial charge on any atom is 0.191 e. The molecule has 1 aliphatic heterocycles. The third-order valence-electron chi connectivity index (χ3n) is 5.81. The van der Waals surface area contributed by atoms with Crippen molar-refractivity contribution in [2.45, 2.75) is 57.6 Å². The van der Waals surface area contributed by atoms with Crippen LogP contribution in [0.1, 0.15) is 56.1 Å². The molecule has 2 fully saturated rings.